The summed E-state index contributed by atoms with van der Waals surface area (Å²) < 4.78 is 5.93. The fraction of sp³-hybridized carbons (Fsp3) is 0.444. The van der Waals surface area contributed by atoms with Crippen molar-refractivity contribution >= 4 is 0 Å². The Bertz CT molecular complexity index is 1270. The highest BCUT2D eigenvalue weighted by Gasteiger charge is 2.22. The van der Waals surface area contributed by atoms with E-state index in [0.29, 0.717) is 17.0 Å². The van der Waals surface area contributed by atoms with Gasteiger partial charge < -0.3 is 4.74 Å². The van der Waals surface area contributed by atoms with Crippen molar-refractivity contribution < 1.29 is 4.74 Å². The first-order valence-corrected chi connectivity index (χ1v) is 15.0. The molecule has 1 fully saturated rings. The molecule has 0 unspecified atom stereocenters. The molecule has 1 saturated carbocycles. The maximum absolute atomic E-state index is 9.92. The molecule has 3 aromatic rings. The van der Waals surface area contributed by atoms with Crippen LogP contribution in [0.5, 0.6) is 5.75 Å². The predicted octanol–water partition coefficient (Wildman–Crippen LogP) is 10.2. The molecule has 1 aliphatic carbocycles. The van der Waals surface area contributed by atoms with E-state index in [9.17, 15) is 10.5 Å². The fourth-order valence-corrected chi connectivity index (χ4v) is 6.01. The van der Waals surface area contributed by atoms with Crippen LogP contribution in [0.1, 0.15) is 107 Å². The topological polar surface area (TPSA) is 56.8 Å². The third kappa shape index (κ3) is 7.52. The van der Waals surface area contributed by atoms with Gasteiger partial charge in [-0.3, -0.25) is 0 Å². The minimum absolute atomic E-state index is 0.413. The largest absolute Gasteiger partial charge is 0.494 e. The molecule has 1 aliphatic rings. The van der Waals surface area contributed by atoms with Gasteiger partial charge in [-0.05, 0) is 90.5 Å². The van der Waals surface area contributed by atoms with Gasteiger partial charge in [-0.15, -0.1) is 0 Å². The molecule has 39 heavy (non-hydrogen) atoms. The van der Waals surface area contributed by atoms with Crippen molar-refractivity contribution in [3.8, 4) is 40.1 Å². The van der Waals surface area contributed by atoms with Gasteiger partial charge in [-0.2, -0.15) is 10.5 Å². The molecule has 0 aromatic heterocycles. The second kappa shape index (κ2) is 14.6. The van der Waals surface area contributed by atoms with Gasteiger partial charge in [0, 0.05) is 5.56 Å². The Morgan fingerprint density at radius 3 is 2.05 bits per heavy atom. The minimum Gasteiger partial charge on any atom is -0.494 e. The number of nitrogens with zero attached hydrogens (tertiary/aromatic N) is 2. The number of unbranched alkanes of at least 4 members (excludes halogenated alkanes) is 4. The summed E-state index contributed by atoms with van der Waals surface area (Å²) in [6.07, 6.45) is 13.9. The molecule has 3 aromatic carbocycles. The molecule has 4 rings (SSSR count). The Labute approximate surface area is 235 Å². The van der Waals surface area contributed by atoms with Crippen LogP contribution in [0, 0.1) is 28.6 Å². The molecule has 0 amide bonds. The molecule has 0 spiro atoms. The first-order valence-electron chi connectivity index (χ1n) is 15.0. The van der Waals surface area contributed by atoms with Crippen LogP contribution in [0.25, 0.3) is 22.3 Å². The lowest BCUT2D eigenvalue weighted by Gasteiger charge is -2.28. The number of ether oxygens (including phenoxy) is 1. The Hall–Kier alpha value is -3.56. The van der Waals surface area contributed by atoms with Crippen LogP contribution in [-0.2, 0) is 0 Å². The van der Waals surface area contributed by atoms with E-state index in [4.69, 9.17) is 4.74 Å². The van der Waals surface area contributed by atoms with Crippen molar-refractivity contribution in [1.82, 2.24) is 0 Å². The second-order valence-electron chi connectivity index (χ2n) is 11.1. The van der Waals surface area contributed by atoms with E-state index in [1.165, 1.54) is 69.8 Å². The third-order valence-electron chi connectivity index (χ3n) is 8.31. The van der Waals surface area contributed by atoms with Crippen molar-refractivity contribution in [2.45, 2.75) is 90.4 Å². The zero-order valence-electron chi connectivity index (χ0n) is 23.7. The van der Waals surface area contributed by atoms with Gasteiger partial charge in [-0.25, -0.2) is 0 Å². The van der Waals surface area contributed by atoms with Gasteiger partial charge in [0.05, 0.1) is 17.7 Å². The van der Waals surface area contributed by atoms with Crippen LogP contribution in [0.4, 0.5) is 0 Å². The maximum Gasteiger partial charge on any atom is 0.119 e. The summed E-state index contributed by atoms with van der Waals surface area (Å²) >= 11 is 0. The normalized spacial score (nSPS) is 16.8. The number of benzene rings is 3. The minimum atomic E-state index is 0.413. The van der Waals surface area contributed by atoms with Gasteiger partial charge in [0.2, 0.25) is 0 Å². The summed E-state index contributed by atoms with van der Waals surface area (Å²) in [5, 5.41) is 19.8. The Morgan fingerprint density at radius 1 is 0.718 bits per heavy atom. The van der Waals surface area contributed by atoms with E-state index in [1.54, 1.807) is 0 Å². The lowest BCUT2D eigenvalue weighted by atomic mass is 9.77. The van der Waals surface area contributed by atoms with E-state index in [2.05, 4.69) is 50.3 Å². The van der Waals surface area contributed by atoms with Crippen molar-refractivity contribution in [2.24, 2.45) is 5.92 Å². The van der Waals surface area contributed by atoms with E-state index < -0.39 is 0 Å². The van der Waals surface area contributed by atoms with Crippen molar-refractivity contribution in [3.63, 3.8) is 0 Å². The van der Waals surface area contributed by atoms with Crippen molar-refractivity contribution in [3.05, 3.63) is 77.4 Å². The van der Waals surface area contributed by atoms with Crippen LogP contribution >= 0.6 is 0 Å². The van der Waals surface area contributed by atoms with Gasteiger partial charge in [0.25, 0.3) is 0 Å². The summed E-state index contributed by atoms with van der Waals surface area (Å²) in [4.78, 5) is 0. The first-order chi connectivity index (χ1) is 19.2. The Kier molecular flexibility index (Phi) is 10.6. The van der Waals surface area contributed by atoms with Gasteiger partial charge in [-0.1, -0.05) is 88.8 Å². The Balaban J connectivity index is 1.50. The predicted molar refractivity (Wildman–Crippen MR) is 161 cm³/mol. The van der Waals surface area contributed by atoms with E-state index in [1.807, 2.05) is 36.4 Å². The number of hydrogen-bond donors (Lipinski definition) is 0. The maximum atomic E-state index is 9.92. The van der Waals surface area contributed by atoms with Gasteiger partial charge in [0.15, 0.2) is 0 Å². The van der Waals surface area contributed by atoms with E-state index in [-0.39, 0.29) is 0 Å². The quantitative estimate of drug-likeness (QED) is 0.224. The van der Waals surface area contributed by atoms with Crippen LogP contribution < -0.4 is 4.74 Å². The average molecular weight is 519 g/mol. The van der Waals surface area contributed by atoms with Crippen LogP contribution in [0.15, 0.2) is 60.7 Å². The summed E-state index contributed by atoms with van der Waals surface area (Å²) in [6.45, 7) is 5.23. The molecular formula is C36H42N2O. The van der Waals surface area contributed by atoms with Gasteiger partial charge in [0.1, 0.15) is 17.9 Å². The third-order valence-corrected chi connectivity index (χ3v) is 8.31. The molecule has 0 aliphatic heterocycles. The molecule has 0 atom stereocenters. The summed E-state index contributed by atoms with van der Waals surface area (Å²) in [6, 6.07) is 25.2. The second-order valence-corrected chi connectivity index (χ2v) is 11.1. The standard InChI is InChI=1S/C36H42N2O/c1-3-5-6-7-8-22-39-34-20-18-31(19-21-34)35-24-32(23-33(25-37)36(35)26-38)30-16-14-29(15-17-30)28-12-10-27(9-4-2)11-13-28/h14-21,23-24,27-28H,3-13,22H2,1-2H3. The SMILES string of the molecule is CCCCCCCOc1ccc(-c2cc(-c3ccc(C4CCC(CCC)CC4)cc3)cc(C#N)c2C#N)cc1. The molecule has 3 nitrogen and oxygen atoms in total. The molecular weight excluding hydrogens is 476 g/mol. The molecule has 0 radical (unpaired) electrons. The fourth-order valence-electron chi connectivity index (χ4n) is 6.01. The molecule has 0 bridgehead atoms. The van der Waals surface area contributed by atoms with Gasteiger partial charge >= 0.3 is 0 Å². The lowest BCUT2D eigenvalue weighted by Crippen LogP contribution is -2.13. The average Bonchev–Trinajstić information content (AvgIpc) is 2.99. The van der Waals surface area contributed by atoms with Crippen molar-refractivity contribution in [2.75, 3.05) is 6.61 Å². The molecule has 0 saturated heterocycles. The zero-order chi connectivity index (χ0) is 27.5. The van der Waals surface area contributed by atoms with Crippen LogP contribution in [0.3, 0.4) is 0 Å². The highest BCUT2D eigenvalue weighted by atomic mass is 16.5. The summed E-state index contributed by atoms with van der Waals surface area (Å²) in [5.41, 5.74) is 6.00. The van der Waals surface area contributed by atoms with Crippen molar-refractivity contribution in [1.29, 1.82) is 10.5 Å². The van der Waals surface area contributed by atoms with E-state index >= 15 is 0 Å². The lowest BCUT2D eigenvalue weighted by molar-refractivity contribution is 0.304. The van der Waals surface area contributed by atoms with Crippen LogP contribution in [0.2, 0.25) is 0 Å². The van der Waals surface area contributed by atoms with E-state index in [0.717, 1.165) is 46.9 Å². The van der Waals surface area contributed by atoms with Crippen LogP contribution in [-0.4, -0.2) is 6.61 Å². The number of nitriles is 2. The highest BCUT2D eigenvalue weighted by molar-refractivity contribution is 5.81. The monoisotopic (exact) mass is 518 g/mol. The Morgan fingerprint density at radius 2 is 1.41 bits per heavy atom. The molecule has 3 heteroatoms. The first kappa shape index (κ1) is 28.4. The summed E-state index contributed by atoms with van der Waals surface area (Å²) in [7, 11) is 0. The molecule has 0 N–H and O–H groups in total. The zero-order valence-corrected chi connectivity index (χ0v) is 23.7. The molecule has 0 heterocycles. The smallest absolute Gasteiger partial charge is 0.119 e. The number of hydrogen-bond acceptors (Lipinski definition) is 3. The highest BCUT2D eigenvalue weighted by Crippen LogP contribution is 2.39. The molecule has 202 valence electrons. The summed E-state index contributed by atoms with van der Waals surface area (Å²) in [5.74, 6) is 2.39. The number of rotatable bonds is 12.